The maximum Gasteiger partial charge on any atom is 0.201 e. The number of carbonyl (C=O) groups excluding carboxylic acids is 1. The highest BCUT2D eigenvalue weighted by Gasteiger charge is 2.26. The number of halogens is 2. The van der Waals surface area contributed by atoms with Crippen molar-refractivity contribution in [2.75, 3.05) is 13.1 Å². The van der Waals surface area contributed by atoms with Gasteiger partial charge in [-0.05, 0) is 44.8 Å². The Morgan fingerprint density at radius 2 is 1.88 bits per heavy atom. The molecule has 1 aromatic heterocycles. The molecule has 0 atom stereocenters. The average molecular weight is 459 g/mol. The van der Waals surface area contributed by atoms with Crippen molar-refractivity contribution in [3.63, 3.8) is 0 Å². The summed E-state index contributed by atoms with van der Waals surface area (Å²) in [6.07, 6.45) is 4.58. The molecule has 0 unspecified atom stereocenters. The third kappa shape index (κ3) is 5.01. The molecule has 24 heavy (non-hydrogen) atoms. The Morgan fingerprint density at radius 3 is 2.54 bits per heavy atom. The first-order valence-corrected chi connectivity index (χ1v) is 8.06. The molecule has 0 aliphatic carbocycles. The zero-order valence-corrected chi connectivity index (χ0v) is 17.3. The van der Waals surface area contributed by atoms with Crippen LogP contribution < -0.4 is 5.32 Å². The molecule has 1 aliphatic heterocycles. The Kier molecular flexibility index (Phi) is 8.87. The van der Waals surface area contributed by atoms with Crippen molar-refractivity contribution in [1.82, 2.24) is 14.9 Å². The van der Waals surface area contributed by atoms with Crippen molar-refractivity contribution in [3.8, 4) is 0 Å². The Hall–Kier alpha value is -0.980. The topological polar surface area (TPSA) is 46.9 Å². The minimum Gasteiger partial charge on any atom is -0.326 e. The summed E-state index contributed by atoms with van der Waals surface area (Å²) in [4.78, 5) is 17.1. The van der Waals surface area contributed by atoms with Crippen LogP contribution in [0, 0.1) is 12.8 Å². The molecular weight excluding hydrogens is 434 g/mol. The second-order valence-electron chi connectivity index (χ2n) is 6.00. The lowest BCUT2D eigenvalue weighted by atomic mass is 9.93. The van der Waals surface area contributed by atoms with E-state index in [1.54, 1.807) is 0 Å². The summed E-state index contributed by atoms with van der Waals surface area (Å²) in [6, 6.07) is 10.4. The van der Waals surface area contributed by atoms with E-state index >= 15 is 0 Å². The van der Waals surface area contributed by atoms with Gasteiger partial charge in [0.15, 0.2) is 5.82 Å². The lowest BCUT2D eigenvalue weighted by Crippen LogP contribution is -2.33. The maximum atomic E-state index is 12.7. The highest BCUT2D eigenvalue weighted by molar-refractivity contribution is 8.93. The van der Waals surface area contributed by atoms with Crippen molar-refractivity contribution < 1.29 is 4.79 Å². The predicted molar refractivity (Wildman–Crippen MR) is 108 cm³/mol. The van der Waals surface area contributed by atoms with Gasteiger partial charge in [-0.3, -0.25) is 4.79 Å². The number of nitrogens with one attached hydrogen (secondary N) is 1. The zero-order valence-electron chi connectivity index (χ0n) is 13.9. The van der Waals surface area contributed by atoms with Gasteiger partial charge in [0.05, 0.1) is 0 Å². The molecule has 1 aliphatic rings. The first-order valence-electron chi connectivity index (χ1n) is 8.06. The van der Waals surface area contributed by atoms with Crippen LogP contribution in [-0.2, 0) is 13.0 Å². The molecule has 2 heterocycles. The Morgan fingerprint density at radius 1 is 1.21 bits per heavy atom. The van der Waals surface area contributed by atoms with E-state index in [1.165, 1.54) is 5.56 Å². The summed E-state index contributed by atoms with van der Waals surface area (Å²) in [5.41, 5.74) is 2.35. The van der Waals surface area contributed by atoms with Crippen molar-refractivity contribution in [2.24, 2.45) is 5.92 Å². The molecule has 4 nitrogen and oxygen atoms in total. The molecule has 2 aromatic rings. The third-order valence-corrected chi connectivity index (χ3v) is 4.45. The molecule has 0 spiro atoms. The summed E-state index contributed by atoms with van der Waals surface area (Å²) >= 11 is 0. The first kappa shape index (κ1) is 21.1. The Labute approximate surface area is 164 Å². The lowest BCUT2D eigenvalue weighted by molar-refractivity contribution is 0.0879. The van der Waals surface area contributed by atoms with Gasteiger partial charge in [0.1, 0.15) is 0 Å². The van der Waals surface area contributed by atoms with Gasteiger partial charge < -0.3 is 9.88 Å². The SMILES string of the molecule is Br.Br.Cc1cnc(C(=O)C2CCNCC2)n1CCc1ccccc1. The van der Waals surface area contributed by atoms with Crippen LogP contribution in [0.25, 0.3) is 0 Å². The van der Waals surface area contributed by atoms with E-state index in [-0.39, 0.29) is 45.7 Å². The van der Waals surface area contributed by atoms with Gasteiger partial charge in [0.25, 0.3) is 0 Å². The lowest BCUT2D eigenvalue weighted by Gasteiger charge is -2.21. The van der Waals surface area contributed by atoms with Gasteiger partial charge in [-0.25, -0.2) is 4.98 Å². The van der Waals surface area contributed by atoms with Crippen LogP contribution in [-0.4, -0.2) is 28.4 Å². The summed E-state index contributed by atoms with van der Waals surface area (Å²) < 4.78 is 2.08. The van der Waals surface area contributed by atoms with Gasteiger partial charge >= 0.3 is 0 Å². The van der Waals surface area contributed by atoms with E-state index in [1.807, 2.05) is 19.2 Å². The highest BCUT2D eigenvalue weighted by Crippen LogP contribution is 2.19. The number of hydrogen-bond acceptors (Lipinski definition) is 3. The molecule has 0 amide bonds. The largest absolute Gasteiger partial charge is 0.326 e. The number of nitrogens with zero attached hydrogens (tertiary/aromatic N) is 2. The van der Waals surface area contributed by atoms with E-state index < -0.39 is 0 Å². The molecular formula is C18H25Br2N3O. The molecule has 1 aromatic carbocycles. The number of benzene rings is 1. The number of aryl methyl sites for hydroxylation is 2. The second kappa shape index (κ2) is 10.1. The van der Waals surface area contributed by atoms with Crippen molar-refractivity contribution in [3.05, 3.63) is 53.6 Å². The van der Waals surface area contributed by atoms with Gasteiger partial charge in [0.2, 0.25) is 5.78 Å². The van der Waals surface area contributed by atoms with Gasteiger partial charge in [-0.1, -0.05) is 30.3 Å². The molecule has 132 valence electrons. The standard InChI is InChI=1S/C18H23N3O.2BrH/c1-14-13-20-18(17(22)16-7-10-19-11-8-16)21(14)12-9-15-5-3-2-4-6-15;;/h2-6,13,16,19H,7-12H2,1H3;2*1H. The fourth-order valence-electron chi connectivity index (χ4n) is 3.09. The van der Waals surface area contributed by atoms with Crippen LogP contribution in [0.5, 0.6) is 0 Å². The Balaban J connectivity index is 0.00000144. The molecule has 1 N–H and O–H groups in total. The van der Waals surface area contributed by atoms with E-state index in [2.05, 4.69) is 39.1 Å². The predicted octanol–water partition coefficient (Wildman–Crippen LogP) is 3.77. The third-order valence-electron chi connectivity index (χ3n) is 4.45. The molecule has 3 rings (SSSR count). The van der Waals surface area contributed by atoms with Crippen LogP contribution >= 0.6 is 34.0 Å². The number of piperidine rings is 1. The van der Waals surface area contributed by atoms with Gasteiger partial charge in [-0.2, -0.15) is 0 Å². The highest BCUT2D eigenvalue weighted by atomic mass is 79.9. The number of hydrogen-bond donors (Lipinski definition) is 1. The van der Waals surface area contributed by atoms with Crippen LogP contribution in [0.15, 0.2) is 36.5 Å². The fourth-order valence-corrected chi connectivity index (χ4v) is 3.09. The maximum absolute atomic E-state index is 12.7. The number of carbonyl (C=O) groups is 1. The molecule has 1 saturated heterocycles. The van der Waals surface area contributed by atoms with Crippen LogP contribution in [0.2, 0.25) is 0 Å². The van der Waals surface area contributed by atoms with E-state index in [4.69, 9.17) is 0 Å². The van der Waals surface area contributed by atoms with E-state index in [0.717, 1.165) is 44.6 Å². The smallest absolute Gasteiger partial charge is 0.201 e. The molecule has 0 bridgehead atoms. The summed E-state index contributed by atoms with van der Waals surface area (Å²) in [7, 11) is 0. The number of Topliss-reactive ketones (excluding diaryl/α,β-unsaturated/α-hetero) is 1. The number of rotatable bonds is 5. The zero-order chi connectivity index (χ0) is 15.4. The van der Waals surface area contributed by atoms with Gasteiger partial charge in [0, 0.05) is 24.4 Å². The van der Waals surface area contributed by atoms with Crippen molar-refractivity contribution in [2.45, 2.75) is 32.7 Å². The normalized spacial score (nSPS) is 14.5. The van der Waals surface area contributed by atoms with E-state index in [0.29, 0.717) is 5.82 Å². The average Bonchev–Trinajstić information content (AvgIpc) is 2.95. The monoisotopic (exact) mass is 457 g/mol. The molecule has 0 saturated carbocycles. The first-order chi connectivity index (χ1) is 10.8. The van der Waals surface area contributed by atoms with Crippen LogP contribution in [0.1, 0.15) is 34.7 Å². The quantitative estimate of drug-likeness (QED) is 0.693. The number of aromatic nitrogens is 2. The number of imidazole rings is 1. The van der Waals surface area contributed by atoms with Crippen molar-refractivity contribution >= 4 is 39.7 Å². The minimum atomic E-state index is 0. The van der Waals surface area contributed by atoms with Crippen LogP contribution in [0.4, 0.5) is 0 Å². The summed E-state index contributed by atoms with van der Waals surface area (Å²) in [5, 5.41) is 3.31. The number of ketones is 1. The van der Waals surface area contributed by atoms with Gasteiger partial charge in [-0.15, -0.1) is 34.0 Å². The molecule has 1 fully saturated rings. The summed E-state index contributed by atoms with van der Waals surface area (Å²) in [6.45, 7) is 4.69. The minimum absolute atomic E-state index is 0. The van der Waals surface area contributed by atoms with Crippen LogP contribution in [0.3, 0.4) is 0 Å². The summed E-state index contributed by atoms with van der Waals surface area (Å²) in [5.74, 6) is 0.974. The molecule has 0 radical (unpaired) electrons. The fraction of sp³-hybridized carbons (Fsp3) is 0.444. The Bertz CT molecular complexity index is 637. The second-order valence-corrected chi connectivity index (χ2v) is 6.00. The van der Waals surface area contributed by atoms with E-state index in [9.17, 15) is 4.79 Å². The molecule has 6 heteroatoms. The van der Waals surface area contributed by atoms with Crippen molar-refractivity contribution in [1.29, 1.82) is 0 Å².